The number of sulfonamides is 1. The molecule has 7 nitrogen and oxygen atoms in total. The minimum Gasteiger partial charge on any atom is -0.469 e. The maximum Gasteiger partial charge on any atom is 0.324 e. The van der Waals surface area contributed by atoms with Gasteiger partial charge in [-0.25, -0.2) is 13.1 Å². The highest BCUT2D eigenvalue weighted by Gasteiger charge is 2.25. The average molecular weight is 295 g/mol. The molecule has 0 heterocycles. The SMILES string of the molecule is COC(=O)CCS(=O)(=O)N[C@H](C)C(=O)OC(C)(C)C. The van der Waals surface area contributed by atoms with Gasteiger partial charge in [0, 0.05) is 0 Å². The third-order valence-electron chi connectivity index (χ3n) is 1.92. The second-order valence-corrected chi connectivity index (χ2v) is 6.89. The van der Waals surface area contributed by atoms with Gasteiger partial charge < -0.3 is 9.47 Å². The molecule has 0 fully saturated rings. The zero-order valence-corrected chi connectivity index (χ0v) is 12.7. The van der Waals surface area contributed by atoms with Crippen LogP contribution in [0.2, 0.25) is 0 Å². The van der Waals surface area contributed by atoms with Crippen molar-refractivity contribution in [2.24, 2.45) is 0 Å². The number of hydrogen-bond acceptors (Lipinski definition) is 6. The lowest BCUT2D eigenvalue weighted by molar-refractivity contribution is -0.156. The molecule has 0 unspecified atom stereocenters. The Morgan fingerprint density at radius 1 is 1.26 bits per heavy atom. The number of methoxy groups -OCH3 is 1. The van der Waals surface area contributed by atoms with Gasteiger partial charge in [0.25, 0.3) is 0 Å². The van der Waals surface area contributed by atoms with Crippen LogP contribution < -0.4 is 4.72 Å². The lowest BCUT2D eigenvalue weighted by atomic mass is 10.2. The molecular formula is C11H21NO6S. The van der Waals surface area contributed by atoms with E-state index in [9.17, 15) is 18.0 Å². The molecule has 1 N–H and O–H groups in total. The second-order valence-electron chi connectivity index (χ2n) is 5.02. The Labute approximate surface area is 113 Å². The molecule has 19 heavy (non-hydrogen) atoms. The molecule has 0 radical (unpaired) electrons. The molecule has 0 aliphatic carbocycles. The molecule has 8 heteroatoms. The fourth-order valence-electron chi connectivity index (χ4n) is 1.09. The van der Waals surface area contributed by atoms with E-state index in [-0.39, 0.29) is 6.42 Å². The summed E-state index contributed by atoms with van der Waals surface area (Å²) in [5, 5.41) is 0. The van der Waals surface area contributed by atoms with E-state index >= 15 is 0 Å². The van der Waals surface area contributed by atoms with Crippen LogP contribution in [-0.2, 0) is 29.1 Å². The highest BCUT2D eigenvalue weighted by Crippen LogP contribution is 2.08. The first-order valence-electron chi connectivity index (χ1n) is 5.76. The van der Waals surface area contributed by atoms with E-state index in [0.29, 0.717) is 0 Å². The molecule has 0 aromatic heterocycles. The number of hydrogen-bond donors (Lipinski definition) is 1. The second kappa shape index (κ2) is 6.85. The molecule has 1 atom stereocenters. The van der Waals surface area contributed by atoms with Gasteiger partial charge in [0.2, 0.25) is 10.0 Å². The molecule has 0 rings (SSSR count). The van der Waals surface area contributed by atoms with Crippen molar-refractivity contribution < 1.29 is 27.5 Å². The third kappa shape index (κ3) is 8.55. The maximum atomic E-state index is 11.6. The van der Waals surface area contributed by atoms with E-state index in [2.05, 4.69) is 9.46 Å². The van der Waals surface area contributed by atoms with Crippen molar-refractivity contribution in [3.05, 3.63) is 0 Å². The van der Waals surface area contributed by atoms with Crippen LogP contribution in [0.5, 0.6) is 0 Å². The van der Waals surface area contributed by atoms with Crippen LogP contribution >= 0.6 is 0 Å². The Hall–Kier alpha value is -1.15. The highest BCUT2D eigenvalue weighted by molar-refractivity contribution is 7.89. The van der Waals surface area contributed by atoms with E-state index in [0.717, 1.165) is 0 Å². The Morgan fingerprint density at radius 3 is 2.21 bits per heavy atom. The van der Waals surface area contributed by atoms with Crippen molar-refractivity contribution in [3.63, 3.8) is 0 Å². The van der Waals surface area contributed by atoms with Crippen LogP contribution in [0.15, 0.2) is 0 Å². The van der Waals surface area contributed by atoms with Gasteiger partial charge >= 0.3 is 11.9 Å². The average Bonchev–Trinajstić information content (AvgIpc) is 2.23. The van der Waals surface area contributed by atoms with Crippen LogP contribution in [0.4, 0.5) is 0 Å². The first-order valence-corrected chi connectivity index (χ1v) is 7.42. The molecule has 0 amide bonds. The molecule has 0 aromatic carbocycles. The molecule has 0 aliphatic heterocycles. The van der Waals surface area contributed by atoms with E-state index < -0.39 is 39.4 Å². The number of ether oxygens (including phenoxy) is 2. The first-order chi connectivity index (χ1) is 8.47. The number of nitrogens with one attached hydrogen (secondary N) is 1. The fraction of sp³-hybridized carbons (Fsp3) is 0.818. The molecule has 0 spiro atoms. The van der Waals surface area contributed by atoms with Crippen molar-refractivity contribution in [1.82, 2.24) is 4.72 Å². The first kappa shape index (κ1) is 17.8. The summed E-state index contributed by atoms with van der Waals surface area (Å²) in [6.07, 6.45) is -0.271. The standard InChI is InChI=1S/C11H21NO6S/c1-8(10(14)18-11(2,3)4)12-19(15,16)7-6-9(13)17-5/h8,12H,6-7H2,1-5H3/t8-/m1/s1. The van der Waals surface area contributed by atoms with Crippen molar-refractivity contribution in [2.45, 2.75) is 45.8 Å². The molecular weight excluding hydrogens is 274 g/mol. The van der Waals surface area contributed by atoms with Crippen LogP contribution in [0, 0.1) is 0 Å². The maximum absolute atomic E-state index is 11.6. The monoisotopic (exact) mass is 295 g/mol. The van der Waals surface area contributed by atoms with E-state index in [1.165, 1.54) is 14.0 Å². The van der Waals surface area contributed by atoms with Crippen molar-refractivity contribution in [2.75, 3.05) is 12.9 Å². The van der Waals surface area contributed by atoms with Gasteiger partial charge in [-0.05, 0) is 27.7 Å². The number of carbonyl (C=O) groups excluding carboxylic acids is 2. The quantitative estimate of drug-likeness (QED) is 0.703. The number of rotatable bonds is 6. The topological polar surface area (TPSA) is 98.8 Å². The summed E-state index contributed by atoms with van der Waals surface area (Å²) in [6, 6.07) is -1.01. The lowest BCUT2D eigenvalue weighted by Gasteiger charge is -2.22. The minimum absolute atomic E-state index is 0.271. The Bertz CT molecular complexity index is 423. The van der Waals surface area contributed by atoms with Gasteiger partial charge in [-0.2, -0.15) is 0 Å². The van der Waals surface area contributed by atoms with Gasteiger partial charge in [0.1, 0.15) is 11.6 Å². The van der Waals surface area contributed by atoms with Crippen molar-refractivity contribution in [3.8, 4) is 0 Å². The van der Waals surface area contributed by atoms with E-state index in [4.69, 9.17) is 4.74 Å². The largest absolute Gasteiger partial charge is 0.469 e. The minimum atomic E-state index is -3.74. The van der Waals surface area contributed by atoms with Gasteiger partial charge in [-0.3, -0.25) is 9.59 Å². The van der Waals surface area contributed by atoms with Gasteiger partial charge in [0.15, 0.2) is 0 Å². The van der Waals surface area contributed by atoms with Crippen LogP contribution in [-0.4, -0.2) is 44.9 Å². The van der Waals surface area contributed by atoms with E-state index in [1.54, 1.807) is 20.8 Å². The predicted molar refractivity (Wildman–Crippen MR) is 68.9 cm³/mol. The van der Waals surface area contributed by atoms with Crippen molar-refractivity contribution >= 4 is 22.0 Å². The zero-order valence-electron chi connectivity index (χ0n) is 11.8. The summed E-state index contributed by atoms with van der Waals surface area (Å²) in [6.45, 7) is 6.43. The third-order valence-corrected chi connectivity index (χ3v) is 3.37. The van der Waals surface area contributed by atoms with Gasteiger partial charge in [-0.1, -0.05) is 0 Å². The summed E-state index contributed by atoms with van der Waals surface area (Å²) < 4.78 is 34.7. The van der Waals surface area contributed by atoms with Crippen LogP contribution in [0.3, 0.4) is 0 Å². The zero-order chi connectivity index (χ0) is 15.3. The van der Waals surface area contributed by atoms with Crippen molar-refractivity contribution in [1.29, 1.82) is 0 Å². The van der Waals surface area contributed by atoms with Crippen LogP contribution in [0.25, 0.3) is 0 Å². The molecule has 112 valence electrons. The summed E-state index contributed by atoms with van der Waals surface area (Å²) in [7, 11) is -2.57. The number of carbonyl (C=O) groups is 2. The molecule has 0 saturated heterocycles. The Morgan fingerprint density at radius 2 is 1.79 bits per heavy atom. The van der Waals surface area contributed by atoms with Crippen LogP contribution in [0.1, 0.15) is 34.1 Å². The fourth-order valence-corrected chi connectivity index (χ4v) is 2.27. The van der Waals surface area contributed by atoms with Gasteiger partial charge in [-0.15, -0.1) is 0 Å². The lowest BCUT2D eigenvalue weighted by Crippen LogP contribution is -2.43. The normalized spacial score (nSPS) is 13.7. The summed E-state index contributed by atoms with van der Waals surface area (Å²) in [5.41, 5.74) is -0.692. The summed E-state index contributed by atoms with van der Waals surface area (Å²) >= 11 is 0. The predicted octanol–water partition coefficient (Wildman–Crippen LogP) is 0.199. The Kier molecular flexibility index (Phi) is 6.44. The summed E-state index contributed by atoms with van der Waals surface area (Å²) in [4.78, 5) is 22.4. The molecule has 0 aromatic rings. The smallest absolute Gasteiger partial charge is 0.324 e. The molecule has 0 aliphatic rings. The molecule has 0 bridgehead atoms. The number of esters is 2. The van der Waals surface area contributed by atoms with E-state index in [1.807, 2.05) is 0 Å². The van der Waals surface area contributed by atoms with Gasteiger partial charge in [0.05, 0.1) is 19.3 Å². The Balaban J connectivity index is 4.42. The highest BCUT2D eigenvalue weighted by atomic mass is 32.2. The summed E-state index contributed by atoms with van der Waals surface area (Å²) in [5.74, 6) is -1.74. The molecule has 0 saturated carbocycles.